The van der Waals surface area contributed by atoms with Crippen LogP contribution < -0.4 is 16.4 Å². The topological polar surface area (TPSA) is 111 Å². The average Bonchev–Trinajstić information content (AvgIpc) is 2.53. The number of halogens is 2. The van der Waals surface area contributed by atoms with Crippen LogP contribution in [0.25, 0.3) is 0 Å². The fourth-order valence-corrected chi connectivity index (χ4v) is 2.42. The highest BCUT2D eigenvalue weighted by atomic mass is 35.5. The molecule has 0 aromatic heterocycles. The molecule has 0 heterocycles. The molecule has 1 aromatic carbocycles. The first kappa shape index (κ1) is 21.0. The monoisotopic (exact) mass is 391 g/mol. The standard InChI is InChI=1S/C15H19ClFN3O4S/c1-8(13(21)19-11-4-3-9(16)7-10(11)17)24-14(22)12(5-6-25-2)20-15(18)23/h3-4,7-8,12H,5-6H2,1-2H3,(H,19,21)(H3,18,20,23)/t8-,12-/m1/s1. The summed E-state index contributed by atoms with van der Waals surface area (Å²) in [6.07, 6.45) is 0.931. The summed E-state index contributed by atoms with van der Waals surface area (Å²) in [7, 11) is 0. The summed E-state index contributed by atoms with van der Waals surface area (Å²) < 4.78 is 18.7. The van der Waals surface area contributed by atoms with Gasteiger partial charge in [0, 0.05) is 5.02 Å². The number of hydrogen-bond donors (Lipinski definition) is 3. The Balaban J connectivity index is 2.67. The highest BCUT2D eigenvalue weighted by Crippen LogP contribution is 2.19. The summed E-state index contributed by atoms with van der Waals surface area (Å²) in [4.78, 5) is 35.1. The number of amides is 3. The first-order valence-electron chi connectivity index (χ1n) is 7.26. The molecule has 2 atom stereocenters. The van der Waals surface area contributed by atoms with E-state index in [2.05, 4.69) is 10.6 Å². The molecule has 1 aromatic rings. The Bertz CT molecular complexity index is 647. The van der Waals surface area contributed by atoms with E-state index in [4.69, 9.17) is 22.1 Å². The SMILES string of the molecule is CSCC[C@@H](NC(N)=O)C(=O)O[C@H](C)C(=O)Nc1ccc(Cl)cc1F. The van der Waals surface area contributed by atoms with Gasteiger partial charge in [-0.1, -0.05) is 11.6 Å². The smallest absolute Gasteiger partial charge is 0.329 e. The van der Waals surface area contributed by atoms with Crippen LogP contribution in [0, 0.1) is 5.82 Å². The maximum Gasteiger partial charge on any atom is 0.329 e. The molecule has 0 unspecified atom stereocenters. The van der Waals surface area contributed by atoms with E-state index in [0.29, 0.717) is 12.2 Å². The largest absolute Gasteiger partial charge is 0.451 e. The van der Waals surface area contributed by atoms with E-state index in [9.17, 15) is 18.8 Å². The number of urea groups is 1. The van der Waals surface area contributed by atoms with E-state index >= 15 is 0 Å². The molecule has 0 radical (unpaired) electrons. The second-order valence-electron chi connectivity index (χ2n) is 5.04. The molecule has 0 fully saturated rings. The first-order chi connectivity index (χ1) is 11.7. The number of benzene rings is 1. The highest BCUT2D eigenvalue weighted by Gasteiger charge is 2.26. The quantitative estimate of drug-likeness (QED) is 0.588. The van der Waals surface area contributed by atoms with Gasteiger partial charge in [0.1, 0.15) is 11.9 Å². The maximum absolute atomic E-state index is 13.7. The molecule has 0 aliphatic rings. The fourth-order valence-electron chi connectivity index (χ4n) is 1.79. The molecule has 7 nitrogen and oxygen atoms in total. The van der Waals surface area contributed by atoms with Gasteiger partial charge >= 0.3 is 12.0 Å². The Morgan fingerprint density at radius 1 is 1.40 bits per heavy atom. The fraction of sp³-hybridized carbons (Fsp3) is 0.400. The van der Waals surface area contributed by atoms with Crippen molar-refractivity contribution in [2.75, 3.05) is 17.3 Å². The van der Waals surface area contributed by atoms with E-state index in [1.165, 1.54) is 30.8 Å². The van der Waals surface area contributed by atoms with Gasteiger partial charge in [0.25, 0.3) is 5.91 Å². The normalized spacial score (nSPS) is 12.8. The number of ether oxygens (including phenoxy) is 1. The third-order valence-electron chi connectivity index (χ3n) is 3.06. The molecular formula is C15H19ClFN3O4S. The van der Waals surface area contributed by atoms with Crippen LogP contribution in [0.1, 0.15) is 13.3 Å². The molecule has 1 rings (SSSR count). The Kier molecular flexibility index (Phi) is 8.50. The Morgan fingerprint density at radius 3 is 2.64 bits per heavy atom. The number of nitrogens with two attached hydrogens (primary N) is 1. The van der Waals surface area contributed by atoms with Crippen LogP contribution in [0.2, 0.25) is 5.02 Å². The molecule has 0 saturated carbocycles. The van der Waals surface area contributed by atoms with Crippen molar-refractivity contribution in [2.24, 2.45) is 5.73 Å². The van der Waals surface area contributed by atoms with Crippen LogP contribution >= 0.6 is 23.4 Å². The van der Waals surface area contributed by atoms with Crippen molar-refractivity contribution in [1.82, 2.24) is 5.32 Å². The zero-order valence-corrected chi connectivity index (χ0v) is 15.2. The number of carbonyl (C=O) groups is 3. The molecule has 3 amide bonds. The molecular weight excluding hydrogens is 373 g/mol. The Labute approximate surface area is 153 Å². The van der Waals surface area contributed by atoms with Crippen LogP contribution in [0.5, 0.6) is 0 Å². The van der Waals surface area contributed by atoms with E-state index in [-0.39, 0.29) is 10.7 Å². The lowest BCUT2D eigenvalue weighted by Crippen LogP contribution is -2.46. The molecule has 0 aliphatic carbocycles. The number of thioether (sulfide) groups is 1. The van der Waals surface area contributed by atoms with Crippen molar-refractivity contribution >= 4 is 47.0 Å². The zero-order valence-electron chi connectivity index (χ0n) is 13.7. The Hall–Kier alpha value is -2.00. The van der Waals surface area contributed by atoms with Crippen molar-refractivity contribution in [3.05, 3.63) is 29.0 Å². The highest BCUT2D eigenvalue weighted by molar-refractivity contribution is 7.98. The van der Waals surface area contributed by atoms with Gasteiger partial charge in [-0.05, 0) is 43.6 Å². The molecule has 4 N–H and O–H groups in total. The number of primary amides is 1. The predicted molar refractivity (Wildman–Crippen MR) is 95.1 cm³/mol. The van der Waals surface area contributed by atoms with Gasteiger partial charge in [0.15, 0.2) is 6.10 Å². The minimum atomic E-state index is -1.20. The van der Waals surface area contributed by atoms with Crippen LogP contribution in [0.4, 0.5) is 14.9 Å². The van der Waals surface area contributed by atoms with Crippen LogP contribution in [0.3, 0.4) is 0 Å². The van der Waals surface area contributed by atoms with Gasteiger partial charge in [-0.3, -0.25) is 4.79 Å². The number of hydrogen-bond acceptors (Lipinski definition) is 5. The lowest BCUT2D eigenvalue weighted by molar-refractivity contribution is -0.155. The number of nitrogens with one attached hydrogen (secondary N) is 2. The van der Waals surface area contributed by atoms with Gasteiger partial charge < -0.3 is 21.1 Å². The minimum absolute atomic E-state index is 0.0912. The van der Waals surface area contributed by atoms with Crippen molar-refractivity contribution < 1.29 is 23.5 Å². The molecule has 0 bridgehead atoms. The van der Waals surface area contributed by atoms with Gasteiger partial charge in [-0.15, -0.1) is 0 Å². The van der Waals surface area contributed by atoms with Crippen molar-refractivity contribution in [3.63, 3.8) is 0 Å². The zero-order chi connectivity index (χ0) is 19.0. The average molecular weight is 392 g/mol. The lowest BCUT2D eigenvalue weighted by atomic mass is 10.2. The van der Waals surface area contributed by atoms with Crippen molar-refractivity contribution in [3.8, 4) is 0 Å². The number of rotatable bonds is 8. The van der Waals surface area contributed by atoms with Gasteiger partial charge in [-0.25, -0.2) is 14.0 Å². The van der Waals surface area contributed by atoms with Crippen molar-refractivity contribution in [2.45, 2.75) is 25.5 Å². The molecule has 0 saturated heterocycles. The second kappa shape index (κ2) is 10.1. The second-order valence-corrected chi connectivity index (χ2v) is 6.46. The maximum atomic E-state index is 13.7. The predicted octanol–water partition coefficient (Wildman–Crippen LogP) is 2.14. The summed E-state index contributed by atoms with van der Waals surface area (Å²) >= 11 is 7.11. The lowest BCUT2D eigenvalue weighted by Gasteiger charge is -2.19. The van der Waals surface area contributed by atoms with Crippen LogP contribution in [-0.4, -0.2) is 42.1 Å². The van der Waals surface area contributed by atoms with E-state index in [0.717, 1.165) is 6.07 Å². The van der Waals surface area contributed by atoms with Gasteiger partial charge in [-0.2, -0.15) is 11.8 Å². The molecule has 138 valence electrons. The summed E-state index contributed by atoms with van der Waals surface area (Å²) in [5, 5.41) is 4.75. The summed E-state index contributed by atoms with van der Waals surface area (Å²) in [5.74, 6) is -1.66. The third kappa shape index (κ3) is 7.18. The van der Waals surface area contributed by atoms with E-state index in [1.54, 1.807) is 0 Å². The van der Waals surface area contributed by atoms with Crippen molar-refractivity contribution in [1.29, 1.82) is 0 Å². The molecule has 0 spiro atoms. The van der Waals surface area contributed by atoms with Crippen LogP contribution in [-0.2, 0) is 14.3 Å². The first-order valence-corrected chi connectivity index (χ1v) is 9.03. The minimum Gasteiger partial charge on any atom is -0.451 e. The van der Waals surface area contributed by atoms with E-state index in [1.807, 2.05) is 6.26 Å². The molecule has 25 heavy (non-hydrogen) atoms. The van der Waals surface area contributed by atoms with Gasteiger partial charge in [0.2, 0.25) is 0 Å². The van der Waals surface area contributed by atoms with Gasteiger partial charge in [0.05, 0.1) is 5.69 Å². The summed E-state index contributed by atoms with van der Waals surface area (Å²) in [6.45, 7) is 1.33. The molecule has 0 aliphatic heterocycles. The number of esters is 1. The number of carbonyl (C=O) groups excluding carboxylic acids is 3. The third-order valence-corrected chi connectivity index (χ3v) is 3.94. The summed E-state index contributed by atoms with van der Waals surface area (Å²) in [5.41, 5.74) is 4.94. The van der Waals surface area contributed by atoms with Crippen LogP contribution in [0.15, 0.2) is 18.2 Å². The molecule has 10 heteroatoms. The van der Waals surface area contributed by atoms with E-state index < -0.39 is 35.9 Å². The summed E-state index contributed by atoms with van der Waals surface area (Å²) in [6, 6.07) is 1.91. The Morgan fingerprint density at radius 2 is 2.08 bits per heavy atom. The number of anilines is 1.